The maximum atomic E-state index is 12.9. The number of fused-ring (bicyclic) bond motifs is 1. The number of hydrogen-bond acceptors (Lipinski definition) is 3. The maximum Gasteiger partial charge on any atom is 0.335 e. The Labute approximate surface area is 144 Å². The number of carboxylic acids is 1. The van der Waals surface area contributed by atoms with Crippen LogP contribution in [-0.2, 0) is 6.42 Å². The molecule has 4 heteroatoms. The van der Waals surface area contributed by atoms with Crippen LogP contribution in [0.15, 0.2) is 57.7 Å². The molecule has 0 amide bonds. The summed E-state index contributed by atoms with van der Waals surface area (Å²) >= 11 is 0. The summed E-state index contributed by atoms with van der Waals surface area (Å²) in [5.41, 5.74) is 2.38. The lowest BCUT2D eigenvalue weighted by atomic mass is 10.0. The van der Waals surface area contributed by atoms with Crippen molar-refractivity contribution in [2.75, 3.05) is 0 Å². The van der Waals surface area contributed by atoms with Gasteiger partial charge in [-0.15, -0.1) is 0 Å². The summed E-state index contributed by atoms with van der Waals surface area (Å²) in [6.07, 6.45) is 1.54. The van der Waals surface area contributed by atoms with Crippen LogP contribution in [0.5, 0.6) is 0 Å². The lowest BCUT2D eigenvalue weighted by molar-refractivity contribution is 0.0697. The summed E-state index contributed by atoms with van der Waals surface area (Å²) in [6.45, 7) is 1.93. The lowest BCUT2D eigenvalue weighted by Gasteiger charge is -2.09. The van der Waals surface area contributed by atoms with Crippen molar-refractivity contribution in [3.05, 3.63) is 81.2 Å². The van der Waals surface area contributed by atoms with Crippen LogP contribution in [0.1, 0.15) is 52.4 Å². The minimum absolute atomic E-state index is 0.100. The number of carboxylic acid groups (broad SMARTS) is 1. The Morgan fingerprint density at radius 3 is 2.60 bits per heavy atom. The molecule has 3 aromatic rings. The van der Waals surface area contributed by atoms with Crippen molar-refractivity contribution in [3.8, 4) is 0 Å². The molecule has 0 aliphatic heterocycles. The highest BCUT2D eigenvalue weighted by Crippen LogP contribution is 2.55. The highest BCUT2D eigenvalue weighted by atomic mass is 16.4. The largest absolute Gasteiger partial charge is 0.478 e. The second-order valence-electron chi connectivity index (χ2n) is 6.50. The summed E-state index contributed by atoms with van der Waals surface area (Å²) in [6, 6.07) is 14.7. The second kappa shape index (κ2) is 5.88. The fraction of sp³-hybridized carbons (Fsp3) is 0.238. The lowest BCUT2D eigenvalue weighted by Crippen LogP contribution is -2.12. The van der Waals surface area contributed by atoms with E-state index < -0.39 is 5.97 Å². The van der Waals surface area contributed by atoms with Crippen molar-refractivity contribution in [2.45, 2.75) is 31.6 Å². The molecule has 1 heterocycles. The van der Waals surface area contributed by atoms with Gasteiger partial charge in [-0.25, -0.2) is 4.79 Å². The van der Waals surface area contributed by atoms with E-state index in [9.17, 15) is 9.59 Å². The number of aromatic carboxylic acids is 1. The predicted octanol–water partition coefficient (Wildman–Crippen LogP) is 4.32. The van der Waals surface area contributed by atoms with Crippen LogP contribution in [0.4, 0.5) is 0 Å². The average Bonchev–Trinajstić information content (AvgIpc) is 3.42. The van der Waals surface area contributed by atoms with Crippen molar-refractivity contribution in [3.63, 3.8) is 0 Å². The molecule has 0 saturated heterocycles. The minimum atomic E-state index is -1.05. The molecule has 0 unspecified atom stereocenters. The fourth-order valence-electron chi connectivity index (χ4n) is 3.57. The highest BCUT2D eigenvalue weighted by Gasteiger charge is 2.43. The van der Waals surface area contributed by atoms with Gasteiger partial charge in [0.05, 0.1) is 10.9 Å². The molecule has 25 heavy (non-hydrogen) atoms. The SMILES string of the molecule is CCc1c([C@@H]2C[C@H]2c2ccccc2)oc2ccc(C(=O)O)cc2c1=O. The molecule has 1 aromatic heterocycles. The zero-order valence-corrected chi connectivity index (χ0v) is 13.9. The standard InChI is InChI=1S/C21H18O4/c1-2-14-19(22)17-10-13(21(23)24)8-9-18(17)25-20(14)16-11-15(16)12-6-4-3-5-7-12/h3-10,15-16H,2,11H2,1H3,(H,23,24)/t15-,16+/m0/s1. The number of hydrogen-bond donors (Lipinski definition) is 1. The highest BCUT2D eigenvalue weighted by molar-refractivity contribution is 5.92. The van der Waals surface area contributed by atoms with Gasteiger partial charge < -0.3 is 9.52 Å². The minimum Gasteiger partial charge on any atom is -0.478 e. The molecule has 0 spiro atoms. The van der Waals surface area contributed by atoms with Crippen molar-refractivity contribution >= 4 is 16.9 Å². The number of carbonyl (C=O) groups is 1. The molecule has 126 valence electrons. The van der Waals surface area contributed by atoms with Gasteiger partial charge in [-0.05, 0) is 42.5 Å². The van der Waals surface area contributed by atoms with E-state index in [1.54, 1.807) is 6.07 Å². The Hall–Kier alpha value is -2.88. The van der Waals surface area contributed by atoms with Crippen molar-refractivity contribution in [2.24, 2.45) is 0 Å². The average molecular weight is 334 g/mol. The van der Waals surface area contributed by atoms with Crippen molar-refractivity contribution < 1.29 is 14.3 Å². The molecular formula is C21H18O4. The van der Waals surface area contributed by atoms with Gasteiger partial charge in [-0.2, -0.15) is 0 Å². The van der Waals surface area contributed by atoms with Crippen LogP contribution in [-0.4, -0.2) is 11.1 Å². The third kappa shape index (κ3) is 2.64. The summed E-state index contributed by atoms with van der Waals surface area (Å²) in [5.74, 6) is 0.311. The van der Waals surface area contributed by atoms with Gasteiger partial charge in [0.15, 0.2) is 5.43 Å². The molecule has 1 aliphatic rings. The normalized spacial score (nSPS) is 19.1. The first-order valence-electron chi connectivity index (χ1n) is 8.48. The summed E-state index contributed by atoms with van der Waals surface area (Å²) in [5, 5.41) is 9.49. The van der Waals surface area contributed by atoms with Gasteiger partial charge in [0.2, 0.25) is 0 Å². The summed E-state index contributed by atoms with van der Waals surface area (Å²) in [4.78, 5) is 24.0. The van der Waals surface area contributed by atoms with Crippen molar-refractivity contribution in [1.29, 1.82) is 0 Å². The van der Waals surface area contributed by atoms with E-state index >= 15 is 0 Å². The van der Waals surface area contributed by atoms with Crippen LogP contribution >= 0.6 is 0 Å². The van der Waals surface area contributed by atoms with Gasteiger partial charge in [0.25, 0.3) is 0 Å². The topological polar surface area (TPSA) is 67.5 Å². The zero-order chi connectivity index (χ0) is 17.6. The molecule has 0 bridgehead atoms. The first-order chi connectivity index (χ1) is 12.1. The van der Waals surface area contributed by atoms with Crippen molar-refractivity contribution in [1.82, 2.24) is 0 Å². The van der Waals surface area contributed by atoms with E-state index in [0.29, 0.717) is 28.9 Å². The Morgan fingerprint density at radius 2 is 1.92 bits per heavy atom. The van der Waals surface area contributed by atoms with Crippen LogP contribution in [0.2, 0.25) is 0 Å². The summed E-state index contributed by atoms with van der Waals surface area (Å²) < 4.78 is 6.08. The van der Waals surface area contributed by atoms with E-state index in [2.05, 4.69) is 12.1 Å². The van der Waals surface area contributed by atoms with Crippen LogP contribution in [0.3, 0.4) is 0 Å². The molecule has 4 rings (SSSR count). The zero-order valence-electron chi connectivity index (χ0n) is 13.9. The molecule has 4 nitrogen and oxygen atoms in total. The third-order valence-corrected chi connectivity index (χ3v) is 4.97. The fourth-order valence-corrected chi connectivity index (χ4v) is 3.57. The molecule has 1 saturated carbocycles. The Bertz CT molecular complexity index is 1020. The number of rotatable bonds is 4. The molecule has 1 fully saturated rings. The summed E-state index contributed by atoms with van der Waals surface area (Å²) in [7, 11) is 0. The first-order valence-corrected chi connectivity index (χ1v) is 8.48. The third-order valence-electron chi connectivity index (χ3n) is 4.97. The monoisotopic (exact) mass is 334 g/mol. The Morgan fingerprint density at radius 1 is 1.16 bits per heavy atom. The Kier molecular flexibility index (Phi) is 3.68. The first kappa shape index (κ1) is 15.6. The smallest absolute Gasteiger partial charge is 0.335 e. The van der Waals surface area contributed by atoms with E-state index in [1.165, 1.54) is 17.7 Å². The predicted molar refractivity (Wildman–Crippen MR) is 95.4 cm³/mol. The van der Waals surface area contributed by atoms with Crippen LogP contribution in [0.25, 0.3) is 11.0 Å². The number of benzene rings is 2. The van der Waals surface area contributed by atoms with Gasteiger partial charge in [-0.1, -0.05) is 37.3 Å². The van der Waals surface area contributed by atoms with E-state index in [1.807, 2.05) is 25.1 Å². The quantitative estimate of drug-likeness (QED) is 0.771. The molecule has 1 aliphatic carbocycles. The van der Waals surface area contributed by atoms with E-state index in [-0.39, 0.29) is 16.9 Å². The van der Waals surface area contributed by atoms with Gasteiger partial charge in [-0.3, -0.25) is 4.79 Å². The van der Waals surface area contributed by atoms with E-state index in [4.69, 9.17) is 9.52 Å². The molecule has 2 aromatic carbocycles. The van der Waals surface area contributed by atoms with Gasteiger partial charge in [0.1, 0.15) is 11.3 Å². The van der Waals surface area contributed by atoms with E-state index in [0.717, 1.165) is 12.2 Å². The van der Waals surface area contributed by atoms with Crippen LogP contribution < -0.4 is 5.43 Å². The second-order valence-corrected chi connectivity index (χ2v) is 6.50. The molecular weight excluding hydrogens is 316 g/mol. The molecule has 1 N–H and O–H groups in total. The van der Waals surface area contributed by atoms with Gasteiger partial charge in [0, 0.05) is 11.5 Å². The Balaban J connectivity index is 1.81. The molecule has 0 radical (unpaired) electrons. The van der Waals surface area contributed by atoms with Gasteiger partial charge >= 0.3 is 5.97 Å². The van der Waals surface area contributed by atoms with Crippen LogP contribution in [0, 0.1) is 0 Å². The maximum absolute atomic E-state index is 12.9. The molecule has 2 atom stereocenters.